The Morgan fingerprint density at radius 1 is 1.00 bits per heavy atom. The van der Waals surface area contributed by atoms with Crippen molar-refractivity contribution in [2.75, 3.05) is 0 Å². The zero-order valence-electron chi connectivity index (χ0n) is 21.0. The number of rotatable bonds is 8. The monoisotopic (exact) mass is 557 g/mol. The summed E-state index contributed by atoms with van der Waals surface area (Å²) >= 11 is 3.50. The number of halogens is 1. The van der Waals surface area contributed by atoms with Gasteiger partial charge in [-0.05, 0) is 62.7 Å². The molecular formula is C30H28BrN3O3. The number of pyridine rings is 1. The summed E-state index contributed by atoms with van der Waals surface area (Å²) in [4.78, 5) is 21.5. The zero-order valence-corrected chi connectivity index (χ0v) is 22.6. The van der Waals surface area contributed by atoms with E-state index < -0.39 is 11.4 Å². The first-order valence-corrected chi connectivity index (χ1v) is 13.0. The highest BCUT2D eigenvalue weighted by Crippen LogP contribution is 2.32. The van der Waals surface area contributed by atoms with Gasteiger partial charge in [-0.2, -0.15) is 0 Å². The van der Waals surface area contributed by atoms with Gasteiger partial charge in [0.1, 0.15) is 18.2 Å². The number of aromatic nitrogens is 3. The van der Waals surface area contributed by atoms with Crippen LogP contribution in [0.3, 0.4) is 0 Å². The van der Waals surface area contributed by atoms with Crippen LogP contribution in [0.15, 0.2) is 83.3 Å². The molecule has 5 aromatic rings. The smallest absolute Gasteiger partial charge is 0.309 e. The van der Waals surface area contributed by atoms with Crippen LogP contribution in [0.4, 0.5) is 0 Å². The van der Waals surface area contributed by atoms with Gasteiger partial charge >= 0.3 is 5.97 Å². The summed E-state index contributed by atoms with van der Waals surface area (Å²) in [5.74, 6) is 0.563. The van der Waals surface area contributed by atoms with Gasteiger partial charge in [0.2, 0.25) is 0 Å². The SMILES string of the molecule is CC(c1ccc(Br)cc1)n1c(CC(C)(C)C(=O)O)nc2cc(OCc3ccc4ccccc4n3)ccc21. The van der Waals surface area contributed by atoms with Crippen molar-refractivity contribution in [2.45, 2.75) is 39.8 Å². The molecule has 3 aromatic carbocycles. The van der Waals surface area contributed by atoms with E-state index in [-0.39, 0.29) is 6.04 Å². The highest BCUT2D eigenvalue weighted by Gasteiger charge is 2.31. The molecule has 0 saturated carbocycles. The van der Waals surface area contributed by atoms with Crippen LogP contribution in [-0.2, 0) is 17.8 Å². The average molecular weight is 558 g/mol. The fourth-order valence-corrected chi connectivity index (χ4v) is 4.75. The van der Waals surface area contributed by atoms with Gasteiger partial charge in [-0.3, -0.25) is 4.79 Å². The predicted molar refractivity (Wildman–Crippen MR) is 149 cm³/mol. The topological polar surface area (TPSA) is 77.2 Å². The van der Waals surface area contributed by atoms with E-state index in [4.69, 9.17) is 9.72 Å². The maximum absolute atomic E-state index is 11.9. The lowest BCUT2D eigenvalue weighted by Crippen LogP contribution is -2.28. The highest BCUT2D eigenvalue weighted by atomic mass is 79.9. The molecule has 6 nitrogen and oxygen atoms in total. The maximum atomic E-state index is 11.9. The summed E-state index contributed by atoms with van der Waals surface area (Å²) in [5, 5.41) is 10.9. The number of aliphatic carboxylic acids is 1. The number of imidazole rings is 1. The molecule has 37 heavy (non-hydrogen) atoms. The number of para-hydroxylation sites is 1. The van der Waals surface area contributed by atoms with Crippen molar-refractivity contribution < 1.29 is 14.6 Å². The second-order valence-electron chi connectivity index (χ2n) is 9.93. The van der Waals surface area contributed by atoms with Gasteiger partial charge in [-0.1, -0.05) is 52.3 Å². The van der Waals surface area contributed by atoms with Crippen LogP contribution < -0.4 is 4.74 Å². The lowest BCUT2D eigenvalue weighted by atomic mass is 9.89. The van der Waals surface area contributed by atoms with Crippen LogP contribution in [0.5, 0.6) is 5.75 Å². The summed E-state index contributed by atoms with van der Waals surface area (Å²) in [7, 11) is 0. The Morgan fingerprint density at radius 2 is 1.76 bits per heavy atom. The number of carboxylic acid groups (broad SMARTS) is 1. The average Bonchev–Trinajstić information content (AvgIpc) is 3.23. The molecule has 0 radical (unpaired) electrons. The van der Waals surface area contributed by atoms with Crippen LogP contribution in [0.2, 0.25) is 0 Å². The van der Waals surface area contributed by atoms with Crippen molar-refractivity contribution in [2.24, 2.45) is 5.41 Å². The van der Waals surface area contributed by atoms with Crippen molar-refractivity contribution in [3.05, 3.63) is 100 Å². The molecule has 2 aromatic heterocycles. The predicted octanol–water partition coefficient (Wildman–Crippen LogP) is 7.19. The highest BCUT2D eigenvalue weighted by molar-refractivity contribution is 9.10. The minimum absolute atomic E-state index is 0.0359. The first-order chi connectivity index (χ1) is 17.7. The molecule has 7 heteroatoms. The minimum atomic E-state index is -0.959. The van der Waals surface area contributed by atoms with E-state index in [1.165, 1.54) is 0 Å². The zero-order chi connectivity index (χ0) is 26.2. The third kappa shape index (κ3) is 5.23. The maximum Gasteiger partial charge on any atom is 0.309 e. The lowest BCUT2D eigenvalue weighted by molar-refractivity contribution is -0.146. The first-order valence-electron chi connectivity index (χ1n) is 12.2. The van der Waals surface area contributed by atoms with Gasteiger partial charge in [-0.15, -0.1) is 0 Å². The summed E-state index contributed by atoms with van der Waals surface area (Å²) in [5.41, 5.74) is 3.63. The second kappa shape index (κ2) is 9.98. The van der Waals surface area contributed by atoms with Crippen molar-refractivity contribution in [3.8, 4) is 5.75 Å². The van der Waals surface area contributed by atoms with Crippen LogP contribution in [0, 0.1) is 5.41 Å². The molecular weight excluding hydrogens is 530 g/mol. The van der Waals surface area contributed by atoms with Gasteiger partial charge in [0.05, 0.1) is 33.7 Å². The number of fused-ring (bicyclic) bond motifs is 2. The van der Waals surface area contributed by atoms with Crippen molar-refractivity contribution >= 4 is 43.8 Å². The molecule has 1 atom stereocenters. The molecule has 2 heterocycles. The Kier molecular flexibility index (Phi) is 6.73. The number of hydrogen-bond acceptors (Lipinski definition) is 4. The Balaban J connectivity index is 1.48. The standard InChI is InChI=1S/C30H28BrN3O3/c1-19(20-8-11-22(31)12-9-20)34-27-15-14-24(16-26(27)33-28(34)17-30(2,3)29(35)36)37-18-23-13-10-21-6-4-5-7-25(21)32-23/h4-16,19H,17-18H2,1-3H3,(H,35,36). The van der Waals surface area contributed by atoms with Gasteiger partial charge in [0.15, 0.2) is 0 Å². The van der Waals surface area contributed by atoms with Crippen LogP contribution in [0.1, 0.15) is 43.9 Å². The molecule has 0 saturated heterocycles. The van der Waals surface area contributed by atoms with E-state index in [9.17, 15) is 9.90 Å². The molecule has 1 unspecified atom stereocenters. The molecule has 0 amide bonds. The molecule has 5 rings (SSSR count). The molecule has 0 aliphatic rings. The summed E-state index contributed by atoms with van der Waals surface area (Å²) < 4.78 is 9.23. The number of hydrogen-bond donors (Lipinski definition) is 1. The second-order valence-corrected chi connectivity index (χ2v) is 10.8. The Labute approximate surface area is 224 Å². The molecule has 0 fully saturated rings. The molecule has 0 aliphatic carbocycles. The summed E-state index contributed by atoms with van der Waals surface area (Å²) in [6.07, 6.45) is 0.301. The Hall–Kier alpha value is -3.71. The van der Waals surface area contributed by atoms with Crippen LogP contribution >= 0.6 is 15.9 Å². The Morgan fingerprint density at radius 3 is 2.51 bits per heavy atom. The third-order valence-electron chi connectivity index (χ3n) is 6.70. The van der Waals surface area contributed by atoms with Gasteiger partial charge < -0.3 is 14.4 Å². The normalized spacial score (nSPS) is 12.6. The summed E-state index contributed by atoms with van der Waals surface area (Å²) in [6.45, 7) is 5.91. The first kappa shape index (κ1) is 25.0. The van der Waals surface area contributed by atoms with E-state index >= 15 is 0 Å². The molecule has 0 bridgehead atoms. The molecule has 0 aliphatic heterocycles. The minimum Gasteiger partial charge on any atom is -0.487 e. The fraction of sp³-hybridized carbons (Fsp3) is 0.233. The Bertz CT molecular complexity index is 1590. The molecule has 188 valence electrons. The fourth-order valence-electron chi connectivity index (χ4n) is 4.48. The van der Waals surface area contributed by atoms with E-state index in [0.717, 1.165) is 43.5 Å². The third-order valence-corrected chi connectivity index (χ3v) is 7.22. The number of carbonyl (C=O) groups is 1. The van der Waals surface area contributed by atoms with E-state index in [2.05, 4.69) is 44.5 Å². The number of nitrogens with zero attached hydrogens (tertiary/aromatic N) is 3. The van der Waals surface area contributed by atoms with Gasteiger partial charge in [0, 0.05) is 22.3 Å². The van der Waals surface area contributed by atoms with E-state index in [1.807, 2.05) is 66.7 Å². The quantitative estimate of drug-likeness (QED) is 0.218. The van der Waals surface area contributed by atoms with Gasteiger partial charge in [0.25, 0.3) is 0 Å². The number of ether oxygens (including phenoxy) is 1. The lowest BCUT2D eigenvalue weighted by Gasteiger charge is -2.23. The van der Waals surface area contributed by atoms with E-state index in [0.29, 0.717) is 18.8 Å². The molecule has 0 spiro atoms. The van der Waals surface area contributed by atoms with Crippen molar-refractivity contribution in [1.29, 1.82) is 0 Å². The molecule has 1 N–H and O–H groups in total. The largest absolute Gasteiger partial charge is 0.487 e. The van der Waals surface area contributed by atoms with Crippen molar-refractivity contribution in [3.63, 3.8) is 0 Å². The number of benzene rings is 3. The number of carboxylic acids is 1. The summed E-state index contributed by atoms with van der Waals surface area (Å²) in [6, 6.07) is 26.0. The van der Waals surface area contributed by atoms with Crippen LogP contribution in [-0.4, -0.2) is 25.6 Å². The van der Waals surface area contributed by atoms with Gasteiger partial charge in [-0.25, -0.2) is 9.97 Å². The van der Waals surface area contributed by atoms with E-state index in [1.54, 1.807) is 13.8 Å². The van der Waals surface area contributed by atoms with Crippen LogP contribution in [0.25, 0.3) is 21.9 Å². The van der Waals surface area contributed by atoms with Crippen molar-refractivity contribution in [1.82, 2.24) is 14.5 Å².